The first-order valence-corrected chi connectivity index (χ1v) is 7.29. The number of allylic oxidation sites excluding steroid dienone is 8. The molecule has 110 valence electrons. The number of aliphatic hydroxyl groups excluding tert-OH is 1. The quantitative estimate of drug-likeness (QED) is 0.704. The number of hydrogen-bond donors (Lipinski definition) is 1. The van der Waals surface area contributed by atoms with Gasteiger partial charge < -0.3 is 5.11 Å². The molecule has 1 aliphatic carbocycles. The molecule has 1 nitrogen and oxygen atoms in total. The summed E-state index contributed by atoms with van der Waals surface area (Å²) in [5.74, 6) is 0. The third-order valence-corrected chi connectivity index (χ3v) is 3.73. The van der Waals surface area contributed by atoms with Crippen molar-refractivity contribution in [3.8, 4) is 0 Å². The predicted molar refractivity (Wildman–Crippen MR) is 88.6 cm³/mol. The van der Waals surface area contributed by atoms with Gasteiger partial charge in [0.05, 0.1) is 6.10 Å². The monoisotopic (exact) mass is 272 g/mol. The molecule has 0 amide bonds. The summed E-state index contributed by atoms with van der Waals surface area (Å²) in [6.45, 7) is 14.5. The molecule has 1 heteroatoms. The van der Waals surface area contributed by atoms with E-state index in [1.807, 2.05) is 19.1 Å². The van der Waals surface area contributed by atoms with Crippen molar-refractivity contribution in [3.05, 3.63) is 59.3 Å². The zero-order chi connectivity index (χ0) is 15.3. The Kier molecular flexibility index (Phi) is 5.76. The zero-order valence-corrected chi connectivity index (χ0v) is 13.5. The molecule has 1 unspecified atom stereocenters. The molecule has 0 aliphatic heterocycles. The summed E-state index contributed by atoms with van der Waals surface area (Å²) in [6.07, 6.45) is 11.9. The lowest BCUT2D eigenvalue weighted by Crippen LogP contribution is -2.28. The van der Waals surface area contributed by atoms with Crippen LogP contribution in [0.15, 0.2) is 59.3 Å². The molecule has 0 aromatic carbocycles. The second-order valence-corrected chi connectivity index (χ2v) is 6.59. The average molecular weight is 272 g/mol. The Morgan fingerprint density at radius 3 is 2.50 bits per heavy atom. The molecule has 0 aromatic rings. The van der Waals surface area contributed by atoms with Crippen LogP contribution in [0.1, 0.15) is 47.5 Å². The Hall–Kier alpha value is -1.34. The highest BCUT2D eigenvalue weighted by Gasteiger charge is 2.31. The topological polar surface area (TPSA) is 20.2 Å². The fourth-order valence-corrected chi connectivity index (χ4v) is 2.81. The second kappa shape index (κ2) is 6.90. The van der Waals surface area contributed by atoms with E-state index >= 15 is 0 Å². The van der Waals surface area contributed by atoms with Crippen molar-refractivity contribution in [3.63, 3.8) is 0 Å². The normalized spacial score (nSPS) is 23.9. The lowest BCUT2D eigenvalue weighted by atomic mass is 9.71. The van der Waals surface area contributed by atoms with Gasteiger partial charge in [-0.05, 0) is 44.6 Å². The Morgan fingerprint density at radius 2 is 1.95 bits per heavy atom. The van der Waals surface area contributed by atoms with E-state index in [0.29, 0.717) is 0 Å². The van der Waals surface area contributed by atoms with Gasteiger partial charge in [0.2, 0.25) is 0 Å². The maximum Gasteiger partial charge on any atom is 0.0585 e. The Balaban J connectivity index is 2.88. The lowest BCUT2D eigenvalue weighted by molar-refractivity contribution is 0.116. The lowest BCUT2D eigenvalue weighted by Gasteiger charge is -2.35. The minimum atomic E-state index is -0.197. The first kappa shape index (κ1) is 16.7. The summed E-state index contributed by atoms with van der Waals surface area (Å²) in [5.41, 5.74) is 4.98. The van der Waals surface area contributed by atoms with E-state index < -0.39 is 0 Å². The van der Waals surface area contributed by atoms with Crippen molar-refractivity contribution in [2.75, 3.05) is 0 Å². The summed E-state index contributed by atoms with van der Waals surface area (Å²) in [7, 11) is 0. The van der Waals surface area contributed by atoms with E-state index in [1.54, 1.807) is 0 Å². The van der Waals surface area contributed by atoms with Crippen LogP contribution in [0.5, 0.6) is 0 Å². The van der Waals surface area contributed by atoms with Gasteiger partial charge in [-0.25, -0.2) is 0 Å². The predicted octanol–water partition coefficient (Wildman–Crippen LogP) is 5.12. The van der Waals surface area contributed by atoms with Gasteiger partial charge in [0, 0.05) is 0 Å². The van der Waals surface area contributed by atoms with E-state index in [2.05, 4.69) is 52.5 Å². The molecule has 0 saturated heterocycles. The van der Waals surface area contributed by atoms with Crippen LogP contribution in [0.3, 0.4) is 0 Å². The van der Waals surface area contributed by atoms with Crippen LogP contribution in [-0.4, -0.2) is 11.2 Å². The summed E-state index contributed by atoms with van der Waals surface area (Å²) in [5, 5.41) is 9.89. The largest absolute Gasteiger partial charge is 0.393 e. The smallest absolute Gasteiger partial charge is 0.0585 e. The van der Waals surface area contributed by atoms with Gasteiger partial charge in [0.15, 0.2) is 0 Å². The molecule has 1 rings (SSSR count). The van der Waals surface area contributed by atoms with Crippen molar-refractivity contribution in [2.24, 2.45) is 5.41 Å². The van der Waals surface area contributed by atoms with Gasteiger partial charge in [0.1, 0.15) is 0 Å². The van der Waals surface area contributed by atoms with Crippen LogP contribution in [0.2, 0.25) is 0 Å². The SMILES string of the molecule is C=C(C)/C=C/C=C(C)/C=C/C1=C(C)CC(O)CC1(C)C. The highest BCUT2D eigenvalue weighted by Crippen LogP contribution is 2.40. The van der Waals surface area contributed by atoms with Crippen LogP contribution in [0, 0.1) is 5.41 Å². The van der Waals surface area contributed by atoms with E-state index in [0.717, 1.165) is 18.4 Å². The number of hydrogen-bond acceptors (Lipinski definition) is 1. The van der Waals surface area contributed by atoms with E-state index in [4.69, 9.17) is 0 Å². The van der Waals surface area contributed by atoms with Gasteiger partial charge in [-0.2, -0.15) is 0 Å². The maximum atomic E-state index is 9.89. The Morgan fingerprint density at radius 1 is 1.30 bits per heavy atom. The third kappa shape index (κ3) is 4.97. The Bertz CT molecular complexity index is 484. The maximum absolute atomic E-state index is 9.89. The first-order valence-electron chi connectivity index (χ1n) is 7.29. The molecule has 1 atom stereocenters. The summed E-state index contributed by atoms with van der Waals surface area (Å²) < 4.78 is 0. The minimum absolute atomic E-state index is 0.0477. The zero-order valence-electron chi connectivity index (χ0n) is 13.5. The highest BCUT2D eigenvalue weighted by atomic mass is 16.3. The van der Waals surface area contributed by atoms with Gasteiger partial charge in [-0.15, -0.1) is 0 Å². The molecule has 0 bridgehead atoms. The van der Waals surface area contributed by atoms with Crippen LogP contribution in [-0.2, 0) is 0 Å². The first-order chi connectivity index (χ1) is 9.22. The molecule has 0 aromatic heterocycles. The third-order valence-electron chi connectivity index (χ3n) is 3.73. The Labute approximate surface area is 124 Å². The molecule has 20 heavy (non-hydrogen) atoms. The van der Waals surface area contributed by atoms with E-state index in [1.165, 1.54) is 16.7 Å². The summed E-state index contributed by atoms with van der Waals surface area (Å²) in [6, 6.07) is 0. The summed E-state index contributed by atoms with van der Waals surface area (Å²) in [4.78, 5) is 0. The van der Waals surface area contributed by atoms with Gasteiger partial charge in [0.25, 0.3) is 0 Å². The van der Waals surface area contributed by atoms with Gasteiger partial charge >= 0.3 is 0 Å². The fraction of sp³-hybridized carbons (Fsp3) is 0.474. The van der Waals surface area contributed by atoms with E-state index in [-0.39, 0.29) is 11.5 Å². The van der Waals surface area contributed by atoms with Crippen molar-refractivity contribution in [1.29, 1.82) is 0 Å². The van der Waals surface area contributed by atoms with Crippen molar-refractivity contribution in [1.82, 2.24) is 0 Å². The fourth-order valence-electron chi connectivity index (χ4n) is 2.81. The van der Waals surface area contributed by atoms with Crippen molar-refractivity contribution in [2.45, 2.75) is 53.6 Å². The molecule has 1 N–H and O–H groups in total. The standard InChI is InChI=1S/C19H28O/c1-14(2)8-7-9-15(3)10-11-18-16(4)12-17(20)13-19(18,5)6/h7-11,17,20H,1,12-13H2,2-6H3/b8-7+,11-10+,15-9+. The average Bonchev–Trinajstić information content (AvgIpc) is 2.25. The molecular weight excluding hydrogens is 244 g/mol. The van der Waals surface area contributed by atoms with Crippen molar-refractivity contribution < 1.29 is 5.11 Å². The van der Waals surface area contributed by atoms with E-state index in [9.17, 15) is 5.11 Å². The van der Waals surface area contributed by atoms with Crippen LogP contribution >= 0.6 is 0 Å². The van der Waals surface area contributed by atoms with Crippen LogP contribution in [0.4, 0.5) is 0 Å². The number of rotatable bonds is 4. The van der Waals surface area contributed by atoms with Crippen LogP contribution < -0.4 is 0 Å². The molecule has 0 spiro atoms. The molecule has 0 radical (unpaired) electrons. The molecule has 0 saturated carbocycles. The van der Waals surface area contributed by atoms with Gasteiger partial charge in [-0.3, -0.25) is 0 Å². The van der Waals surface area contributed by atoms with Crippen molar-refractivity contribution >= 4 is 0 Å². The summed E-state index contributed by atoms with van der Waals surface area (Å²) >= 11 is 0. The highest BCUT2D eigenvalue weighted by molar-refractivity contribution is 5.37. The van der Waals surface area contributed by atoms with Crippen LogP contribution in [0.25, 0.3) is 0 Å². The minimum Gasteiger partial charge on any atom is -0.393 e. The molecular formula is C19H28O. The molecule has 0 fully saturated rings. The molecule has 0 heterocycles. The van der Waals surface area contributed by atoms with Gasteiger partial charge in [-0.1, -0.05) is 67.5 Å². The molecule has 1 aliphatic rings. The number of aliphatic hydroxyl groups is 1. The second-order valence-electron chi connectivity index (χ2n) is 6.59.